The highest BCUT2D eigenvalue weighted by Crippen LogP contribution is 2.26. The van der Waals surface area contributed by atoms with Crippen molar-refractivity contribution in [2.45, 2.75) is 38.6 Å². The number of aryl methyl sites for hydroxylation is 1. The van der Waals surface area contributed by atoms with E-state index in [1.54, 1.807) is 6.26 Å². The Bertz CT molecular complexity index is 446. The van der Waals surface area contributed by atoms with Gasteiger partial charge >= 0.3 is 0 Å². The summed E-state index contributed by atoms with van der Waals surface area (Å²) < 4.78 is 5.30. The highest BCUT2D eigenvalue weighted by Gasteiger charge is 2.31. The molecule has 0 saturated carbocycles. The topological polar surface area (TPSA) is 45.5 Å². The molecule has 112 valence electrons. The molecule has 2 aliphatic rings. The Morgan fingerprint density at radius 2 is 2.10 bits per heavy atom. The molecule has 0 radical (unpaired) electrons. The van der Waals surface area contributed by atoms with Gasteiger partial charge in [-0.15, -0.1) is 12.4 Å². The summed E-state index contributed by atoms with van der Waals surface area (Å²) in [5.74, 6) is 1.31. The second-order valence-corrected chi connectivity index (χ2v) is 5.77. The fourth-order valence-electron chi connectivity index (χ4n) is 3.35. The quantitative estimate of drug-likeness (QED) is 0.913. The summed E-state index contributed by atoms with van der Waals surface area (Å²) in [4.78, 5) is 14.3. The van der Waals surface area contributed by atoms with E-state index in [-0.39, 0.29) is 18.3 Å². The number of likely N-dealkylation sites (tertiary alicyclic amines) is 1. The average Bonchev–Trinajstić information content (AvgIpc) is 3.09. The predicted molar refractivity (Wildman–Crippen MR) is 80.3 cm³/mol. The van der Waals surface area contributed by atoms with Gasteiger partial charge in [0.25, 0.3) is 5.91 Å². The standard InChI is InChI=1S/C15H22N2O2.ClH/c1-11-6-10-19-14(11)15(18)17-8-4-12(5-9-17)13-3-2-7-16-13;/h6,10,12-13,16H,2-5,7-9H2,1H3;1H. The van der Waals surface area contributed by atoms with Gasteiger partial charge in [-0.1, -0.05) is 0 Å². The Hall–Kier alpha value is -1.00. The molecule has 2 fully saturated rings. The molecule has 1 N–H and O–H groups in total. The Kier molecular flexibility index (Phi) is 5.11. The van der Waals surface area contributed by atoms with Crippen LogP contribution in [0, 0.1) is 12.8 Å². The van der Waals surface area contributed by atoms with Crippen LogP contribution in [0.5, 0.6) is 0 Å². The molecule has 20 heavy (non-hydrogen) atoms. The number of piperidine rings is 1. The Balaban J connectivity index is 0.00000147. The molecule has 1 atom stereocenters. The Morgan fingerprint density at radius 3 is 2.65 bits per heavy atom. The van der Waals surface area contributed by atoms with Crippen LogP contribution in [-0.4, -0.2) is 36.5 Å². The number of nitrogens with one attached hydrogen (secondary N) is 1. The van der Waals surface area contributed by atoms with Crippen LogP contribution in [0.3, 0.4) is 0 Å². The molecule has 0 spiro atoms. The van der Waals surface area contributed by atoms with Crippen molar-refractivity contribution >= 4 is 18.3 Å². The van der Waals surface area contributed by atoms with E-state index < -0.39 is 0 Å². The van der Waals surface area contributed by atoms with Gasteiger partial charge in [0.1, 0.15) is 0 Å². The van der Waals surface area contributed by atoms with Gasteiger partial charge in [0.05, 0.1) is 6.26 Å². The zero-order chi connectivity index (χ0) is 13.2. The molecule has 0 aromatic carbocycles. The highest BCUT2D eigenvalue weighted by molar-refractivity contribution is 5.92. The van der Waals surface area contributed by atoms with E-state index in [1.165, 1.54) is 12.8 Å². The summed E-state index contributed by atoms with van der Waals surface area (Å²) in [7, 11) is 0. The highest BCUT2D eigenvalue weighted by atomic mass is 35.5. The number of carbonyl (C=O) groups excluding carboxylic acids is 1. The lowest BCUT2D eigenvalue weighted by molar-refractivity contribution is 0.0641. The minimum atomic E-state index is 0. The molecule has 2 saturated heterocycles. The maximum Gasteiger partial charge on any atom is 0.289 e. The minimum Gasteiger partial charge on any atom is -0.459 e. The summed E-state index contributed by atoms with van der Waals surface area (Å²) >= 11 is 0. The van der Waals surface area contributed by atoms with E-state index in [2.05, 4.69) is 5.32 Å². The second-order valence-electron chi connectivity index (χ2n) is 5.77. The molecular weight excluding hydrogens is 276 g/mol. The first-order valence-corrected chi connectivity index (χ1v) is 7.32. The number of halogens is 1. The molecule has 2 aliphatic heterocycles. The number of nitrogens with zero attached hydrogens (tertiary/aromatic N) is 1. The van der Waals surface area contributed by atoms with Crippen molar-refractivity contribution in [3.8, 4) is 0 Å². The number of furan rings is 1. The average molecular weight is 299 g/mol. The van der Waals surface area contributed by atoms with Gasteiger partial charge in [-0.05, 0) is 51.1 Å². The minimum absolute atomic E-state index is 0. The van der Waals surface area contributed by atoms with Crippen LogP contribution in [0.1, 0.15) is 41.8 Å². The van der Waals surface area contributed by atoms with Gasteiger partial charge in [-0.3, -0.25) is 4.79 Å². The van der Waals surface area contributed by atoms with E-state index in [0.29, 0.717) is 11.8 Å². The van der Waals surface area contributed by atoms with Gasteiger partial charge in [0.15, 0.2) is 5.76 Å². The molecule has 0 bridgehead atoms. The van der Waals surface area contributed by atoms with E-state index in [1.807, 2.05) is 17.9 Å². The fourth-order valence-corrected chi connectivity index (χ4v) is 3.35. The first kappa shape index (κ1) is 15.4. The van der Waals surface area contributed by atoms with Gasteiger partial charge in [-0.25, -0.2) is 0 Å². The van der Waals surface area contributed by atoms with Crippen molar-refractivity contribution in [3.05, 3.63) is 23.7 Å². The largest absolute Gasteiger partial charge is 0.459 e. The SMILES string of the molecule is Cc1ccoc1C(=O)N1CCC(C2CCCN2)CC1.Cl. The molecule has 1 aromatic rings. The molecule has 1 aromatic heterocycles. The van der Waals surface area contributed by atoms with Crippen LogP contribution >= 0.6 is 12.4 Å². The Morgan fingerprint density at radius 1 is 1.35 bits per heavy atom. The van der Waals surface area contributed by atoms with Crippen LogP contribution in [0.25, 0.3) is 0 Å². The van der Waals surface area contributed by atoms with Gasteiger partial charge in [0.2, 0.25) is 0 Å². The number of hydrogen-bond donors (Lipinski definition) is 1. The molecule has 0 aliphatic carbocycles. The normalized spacial score (nSPS) is 23.6. The van der Waals surface area contributed by atoms with Crippen LogP contribution in [0.15, 0.2) is 16.7 Å². The monoisotopic (exact) mass is 298 g/mol. The summed E-state index contributed by atoms with van der Waals surface area (Å²) in [6.07, 6.45) is 6.43. The van der Waals surface area contributed by atoms with Crippen LogP contribution in [0.4, 0.5) is 0 Å². The smallest absolute Gasteiger partial charge is 0.289 e. The number of carbonyl (C=O) groups is 1. The van der Waals surface area contributed by atoms with E-state index in [0.717, 1.165) is 44.0 Å². The fraction of sp³-hybridized carbons (Fsp3) is 0.667. The van der Waals surface area contributed by atoms with Crippen molar-refractivity contribution in [1.29, 1.82) is 0 Å². The van der Waals surface area contributed by atoms with Crippen molar-refractivity contribution in [1.82, 2.24) is 10.2 Å². The van der Waals surface area contributed by atoms with Gasteiger partial charge in [-0.2, -0.15) is 0 Å². The lowest BCUT2D eigenvalue weighted by atomic mass is 9.88. The molecule has 1 unspecified atom stereocenters. The van der Waals surface area contributed by atoms with Crippen molar-refractivity contribution in [3.63, 3.8) is 0 Å². The van der Waals surface area contributed by atoms with E-state index >= 15 is 0 Å². The summed E-state index contributed by atoms with van der Waals surface area (Å²) in [6, 6.07) is 2.53. The maximum absolute atomic E-state index is 12.3. The van der Waals surface area contributed by atoms with Crippen molar-refractivity contribution in [2.24, 2.45) is 5.92 Å². The Labute approximate surface area is 126 Å². The van der Waals surface area contributed by atoms with Crippen molar-refractivity contribution < 1.29 is 9.21 Å². The van der Waals surface area contributed by atoms with Gasteiger partial charge in [0, 0.05) is 24.7 Å². The number of hydrogen-bond acceptors (Lipinski definition) is 3. The predicted octanol–water partition coefficient (Wildman–Crippen LogP) is 2.61. The lowest BCUT2D eigenvalue weighted by Crippen LogP contribution is -2.43. The summed E-state index contributed by atoms with van der Waals surface area (Å²) in [6.45, 7) is 4.81. The molecule has 3 heterocycles. The number of amides is 1. The molecule has 1 amide bonds. The van der Waals surface area contributed by atoms with Crippen LogP contribution < -0.4 is 5.32 Å². The zero-order valence-electron chi connectivity index (χ0n) is 11.9. The molecule has 5 heteroatoms. The third-order valence-corrected chi connectivity index (χ3v) is 4.55. The van der Waals surface area contributed by atoms with Gasteiger partial charge < -0.3 is 14.6 Å². The first-order chi connectivity index (χ1) is 9.25. The second kappa shape index (κ2) is 6.64. The molecular formula is C15H23ClN2O2. The summed E-state index contributed by atoms with van der Waals surface area (Å²) in [5, 5.41) is 3.59. The van der Waals surface area contributed by atoms with Crippen molar-refractivity contribution in [2.75, 3.05) is 19.6 Å². The maximum atomic E-state index is 12.3. The summed E-state index contributed by atoms with van der Waals surface area (Å²) in [5.41, 5.74) is 0.935. The van der Waals surface area contributed by atoms with Crippen LogP contribution in [0.2, 0.25) is 0 Å². The lowest BCUT2D eigenvalue weighted by Gasteiger charge is -2.34. The third kappa shape index (κ3) is 3.01. The van der Waals surface area contributed by atoms with E-state index in [4.69, 9.17) is 4.42 Å². The molecule has 3 rings (SSSR count). The molecule has 4 nitrogen and oxygen atoms in total. The van der Waals surface area contributed by atoms with E-state index in [9.17, 15) is 4.79 Å². The third-order valence-electron chi connectivity index (χ3n) is 4.55. The zero-order valence-corrected chi connectivity index (χ0v) is 12.7. The number of rotatable bonds is 2. The van der Waals surface area contributed by atoms with Crippen LogP contribution in [-0.2, 0) is 0 Å². The first-order valence-electron chi connectivity index (χ1n) is 7.32.